The van der Waals surface area contributed by atoms with Gasteiger partial charge >= 0.3 is 5.97 Å². The molecule has 0 fully saturated rings. The molecule has 1 heterocycles. The van der Waals surface area contributed by atoms with E-state index in [2.05, 4.69) is 9.46 Å². The molecule has 0 amide bonds. The van der Waals surface area contributed by atoms with E-state index in [0.29, 0.717) is 5.56 Å². The number of hydrogen-bond donors (Lipinski definition) is 1. The molecule has 0 spiro atoms. The lowest BCUT2D eigenvalue weighted by atomic mass is 10.1. The second-order valence-corrected chi connectivity index (χ2v) is 4.81. The van der Waals surface area contributed by atoms with Gasteiger partial charge in [-0.1, -0.05) is 12.1 Å². The molecule has 15 heavy (non-hydrogen) atoms. The van der Waals surface area contributed by atoms with Crippen molar-refractivity contribution >= 4 is 16.0 Å². The van der Waals surface area contributed by atoms with Gasteiger partial charge in [-0.05, 0) is 11.6 Å². The lowest BCUT2D eigenvalue weighted by molar-refractivity contribution is 0.0596. The number of hydrogen-bond acceptors (Lipinski definition) is 4. The summed E-state index contributed by atoms with van der Waals surface area (Å²) in [4.78, 5) is 11.4. The number of methoxy groups -OCH3 is 1. The maximum absolute atomic E-state index is 11.6. The SMILES string of the molecule is COC(=O)c1cccc2c1S(=O)(=O)NC2. The van der Waals surface area contributed by atoms with Crippen molar-refractivity contribution in [2.75, 3.05) is 7.11 Å². The van der Waals surface area contributed by atoms with Gasteiger partial charge in [0.05, 0.1) is 12.7 Å². The Balaban J connectivity index is 2.70. The highest BCUT2D eigenvalue weighted by Gasteiger charge is 2.31. The zero-order chi connectivity index (χ0) is 11.1. The van der Waals surface area contributed by atoms with Gasteiger partial charge in [0.1, 0.15) is 4.90 Å². The highest BCUT2D eigenvalue weighted by molar-refractivity contribution is 7.89. The van der Waals surface area contributed by atoms with Gasteiger partial charge in [0.2, 0.25) is 10.0 Å². The third kappa shape index (κ3) is 1.51. The molecule has 6 heteroatoms. The number of nitrogens with one attached hydrogen (secondary N) is 1. The smallest absolute Gasteiger partial charge is 0.339 e. The number of sulfonamides is 1. The van der Waals surface area contributed by atoms with Crippen molar-refractivity contribution in [3.63, 3.8) is 0 Å². The maximum atomic E-state index is 11.6. The van der Waals surface area contributed by atoms with E-state index >= 15 is 0 Å². The molecular weight excluding hydrogens is 218 g/mol. The fourth-order valence-electron chi connectivity index (χ4n) is 1.56. The van der Waals surface area contributed by atoms with Gasteiger partial charge in [0, 0.05) is 6.54 Å². The second kappa shape index (κ2) is 3.32. The Labute approximate surface area is 87.1 Å². The van der Waals surface area contributed by atoms with Crippen LogP contribution in [0.25, 0.3) is 0 Å². The van der Waals surface area contributed by atoms with Crippen LogP contribution in [0.5, 0.6) is 0 Å². The minimum Gasteiger partial charge on any atom is -0.465 e. The number of carbonyl (C=O) groups is 1. The molecule has 0 atom stereocenters. The predicted octanol–water partition coefficient (Wildman–Crippen LogP) is 0.265. The van der Waals surface area contributed by atoms with Crippen LogP contribution in [0.2, 0.25) is 0 Å². The fourth-order valence-corrected chi connectivity index (χ4v) is 2.97. The van der Waals surface area contributed by atoms with E-state index in [-0.39, 0.29) is 17.0 Å². The van der Waals surface area contributed by atoms with Crippen molar-refractivity contribution in [1.82, 2.24) is 4.72 Å². The minimum atomic E-state index is -3.54. The number of esters is 1. The number of benzene rings is 1. The molecule has 0 unspecified atom stereocenters. The molecule has 0 saturated carbocycles. The normalized spacial score (nSPS) is 17.1. The van der Waals surface area contributed by atoms with Crippen LogP contribution in [0.4, 0.5) is 0 Å². The highest BCUT2D eigenvalue weighted by atomic mass is 32.2. The van der Waals surface area contributed by atoms with Crippen molar-refractivity contribution in [3.05, 3.63) is 29.3 Å². The van der Waals surface area contributed by atoms with Gasteiger partial charge in [-0.15, -0.1) is 0 Å². The summed E-state index contributed by atoms with van der Waals surface area (Å²) >= 11 is 0. The van der Waals surface area contributed by atoms with Crippen LogP contribution < -0.4 is 4.72 Å². The van der Waals surface area contributed by atoms with Crippen molar-refractivity contribution in [2.24, 2.45) is 0 Å². The van der Waals surface area contributed by atoms with Gasteiger partial charge in [0.25, 0.3) is 0 Å². The van der Waals surface area contributed by atoms with Crippen LogP contribution >= 0.6 is 0 Å². The molecule has 1 aliphatic rings. The molecule has 0 aromatic heterocycles. The lowest BCUT2D eigenvalue weighted by Crippen LogP contribution is -2.16. The summed E-state index contributed by atoms with van der Waals surface area (Å²) in [5, 5.41) is 0. The Morgan fingerprint density at radius 1 is 1.47 bits per heavy atom. The van der Waals surface area contributed by atoms with Crippen LogP contribution in [0, 0.1) is 0 Å². The molecule has 5 nitrogen and oxygen atoms in total. The van der Waals surface area contributed by atoms with Crippen molar-refractivity contribution < 1.29 is 17.9 Å². The van der Waals surface area contributed by atoms with Gasteiger partial charge in [0.15, 0.2) is 0 Å². The van der Waals surface area contributed by atoms with E-state index in [1.54, 1.807) is 12.1 Å². The Morgan fingerprint density at radius 3 is 2.87 bits per heavy atom. The molecule has 2 rings (SSSR count). The molecule has 0 bridgehead atoms. The molecule has 0 saturated heterocycles. The van der Waals surface area contributed by atoms with Gasteiger partial charge in [-0.25, -0.2) is 17.9 Å². The number of carbonyl (C=O) groups excluding carboxylic acids is 1. The van der Waals surface area contributed by atoms with E-state index in [1.165, 1.54) is 13.2 Å². The molecule has 1 aromatic rings. The Kier molecular flexibility index (Phi) is 2.24. The van der Waals surface area contributed by atoms with Crippen LogP contribution in [0.1, 0.15) is 15.9 Å². The Bertz CT molecular complexity index is 521. The molecule has 0 aliphatic carbocycles. The molecule has 80 valence electrons. The van der Waals surface area contributed by atoms with Gasteiger partial charge in [-0.3, -0.25) is 0 Å². The molecule has 0 radical (unpaired) electrons. The summed E-state index contributed by atoms with van der Waals surface area (Å²) in [6.07, 6.45) is 0. The van der Waals surface area contributed by atoms with E-state index in [4.69, 9.17) is 0 Å². The molecule has 1 aromatic carbocycles. The summed E-state index contributed by atoms with van der Waals surface area (Å²) in [6.45, 7) is 0.225. The zero-order valence-electron chi connectivity index (χ0n) is 7.98. The number of fused-ring (bicyclic) bond motifs is 1. The first-order chi connectivity index (χ1) is 7.06. The van der Waals surface area contributed by atoms with E-state index in [9.17, 15) is 13.2 Å². The zero-order valence-corrected chi connectivity index (χ0v) is 8.80. The first-order valence-electron chi connectivity index (χ1n) is 4.26. The van der Waals surface area contributed by atoms with E-state index in [0.717, 1.165) is 0 Å². The lowest BCUT2D eigenvalue weighted by Gasteiger charge is -2.04. The van der Waals surface area contributed by atoms with Gasteiger partial charge < -0.3 is 4.74 Å². The standard InChI is InChI=1S/C9H9NO4S/c1-14-9(11)7-4-2-3-6-5-10-15(12,13)8(6)7/h2-4,10H,5H2,1H3. The fraction of sp³-hybridized carbons (Fsp3) is 0.222. The van der Waals surface area contributed by atoms with Crippen LogP contribution in [-0.2, 0) is 21.3 Å². The molecular formula is C9H9NO4S. The van der Waals surface area contributed by atoms with Gasteiger partial charge in [-0.2, -0.15) is 0 Å². The summed E-state index contributed by atoms with van der Waals surface area (Å²) in [6, 6.07) is 4.74. The minimum absolute atomic E-state index is 0.0388. The second-order valence-electron chi connectivity index (χ2n) is 3.11. The Hall–Kier alpha value is -1.40. The highest BCUT2D eigenvalue weighted by Crippen LogP contribution is 2.26. The average Bonchev–Trinajstić information content (AvgIpc) is 2.54. The summed E-state index contributed by atoms with van der Waals surface area (Å²) < 4.78 is 30.0. The third-order valence-corrected chi connectivity index (χ3v) is 3.77. The van der Waals surface area contributed by atoms with Crippen LogP contribution in [0.15, 0.2) is 23.1 Å². The first kappa shape index (κ1) is 10.1. The van der Waals surface area contributed by atoms with Crippen molar-refractivity contribution in [1.29, 1.82) is 0 Å². The first-order valence-corrected chi connectivity index (χ1v) is 5.74. The monoisotopic (exact) mass is 227 g/mol. The molecule has 1 N–H and O–H groups in total. The van der Waals surface area contributed by atoms with E-state index < -0.39 is 16.0 Å². The average molecular weight is 227 g/mol. The van der Waals surface area contributed by atoms with Crippen LogP contribution in [0.3, 0.4) is 0 Å². The Morgan fingerprint density at radius 2 is 2.20 bits per heavy atom. The largest absolute Gasteiger partial charge is 0.465 e. The quantitative estimate of drug-likeness (QED) is 0.699. The van der Waals surface area contributed by atoms with Crippen molar-refractivity contribution in [2.45, 2.75) is 11.4 Å². The third-order valence-electron chi connectivity index (χ3n) is 2.22. The number of rotatable bonds is 1. The number of ether oxygens (including phenoxy) is 1. The van der Waals surface area contributed by atoms with E-state index in [1.807, 2.05) is 0 Å². The summed E-state index contributed by atoms with van der Waals surface area (Å²) in [7, 11) is -2.32. The maximum Gasteiger partial charge on any atom is 0.339 e. The van der Waals surface area contributed by atoms with Crippen molar-refractivity contribution in [3.8, 4) is 0 Å². The molecule has 1 aliphatic heterocycles. The summed E-state index contributed by atoms with van der Waals surface area (Å²) in [5.74, 6) is -0.640. The predicted molar refractivity (Wildman–Crippen MR) is 51.8 cm³/mol. The summed E-state index contributed by atoms with van der Waals surface area (Å²) in [5.41, 5.74) is 0.679. The topological polar surface area (TPSA) is 72.5 Å². The van der Waals surface area contributed by atoms with Crippen LogP contribution in [-0.4, -0.2) is 21.5 Å².